The second kappa shape index (κ2) is 5.36. The van der Waals surface area contributed by atoms with Gasteiger partial charge in [-0.3, -0.25) is 0 Å². The van der Waals surface area contributed by atoms with Gasteiger partial charge in [-0.05, 0) is 43.5 Å². The first-order valence-electron chi connectivity index (χ1n) is 6.15. The molecule has 1 aromatic carbocycles. The van der Waals surface area contributed by atoms with Gasteiger partial charge in [-0.25, -0.2) is 12.8 Å². The largest absolute Gasteiger partial charge is 0.313 e. The van der Waals surface area contributed by atoms with Gasteiger partial charge in [0.15, 0.2) is 0 Å². The molecule has 2 rings (SSSR count). The van der Waals surface area contributed by atoms with E-state index < -0.39 is 9.84 Å². The maximum Gasteiger partial charge on any atom is 0.150 e. The predicted octanol–water partition coefficient (Wildman–Crippen LogP) is 1.91. The Kier molecular flexibility index (Phi) is 4.02. The molecule has 0 radical (unpaired) electrons. The molecule has 1 aliphatic heterocycles. The van der Waals surface area contributed by atoms with Gasteiger partial charge in [0, 0.05) is 6.04 Å². The molecule has 18 heavy (non-hydrogen) atoms. The Hall–Kier alpha value is -0.940. The van der Waals surface area contributed by atoms with Crippen molar-refractivity contribution in [1.29, 1.82) is 0 Å². The van der Waals surface area contributed by atoms with Gasteiger partial charge in [0.25, 0.3) is 0 Å². The van der Waals surface area contributed by atoms with Gasteiger partial charge in [-0.15, -0.1) is 0 Å². The van der Waals surface area contributed by atoms with Crippen molar-refractivity contribution in [2.24, 2.45) is 5.92 Å². The summed E-state index contributed by atoms with van der Waals surface area (Å²) in [6.45, 7) is 0. The van der Waals surface area contributed by atoms with E-state index in [0.29, 0.717) is 12.8 Å². The van der Waals surface area contributed by atoms with Crippen LogP contribution >= 0.6 is 0 Å². The zero-order valence-electron chi connectivity index (χ0n) is 10.4. The van der Waals surface area contributed by atoms with E-state index in [9.17, 15) is 12.8 Å². The monoisotopic (exact) mass is 271 g/mol. The van der Waals surface area contributed by atoms with E-state index in [1.165, 1.54) is 12.1 Å². The first-order chi connectivity index (χ1) is 8.52. The molecule has 1 saturated heterocycles. The second-order valence-electron chi connectivity index (χ2n) is 4.81. The minimum atomic E-state index is -2.85. The summed E-state index contributed by atoms with van der Waals surface area (Å²) in [5, 5.41) is 3.18. The fraction of sp³-hybridized carbons (Fsp3) is 0.538. The zero-order chi connectivity index (χ0) is 13.2. The van der Waals surface area contributed by atoms with Crippen molar-refractivity contribution in [3.05, 3.63) is 35.6 Å². The van der Waals surface area contributed by atoms with Crippen molar-refractivity contribution in [3.8, 4) is 0 Å². The summed E-state index contributed by atoms with van der Waals surface area (Å²) in [5.74, 6) is 0.479. The molecule has 1 heterocycles. The van der Waals surface area contributed by atoms with Crippen LogP contribution in [-0.4, -0.2) is 27.0 Å². The summed E-state index contributed by atoms with van der Waals surface area (Å²) < 4.78 is 36.1. The summed E-state index contributed by atoms with van der Waals surface area (Å²) in [6, 6.07) is 6.53. The Balaban J connectivity index is 2.15. The first kappa shape index (κ1) is 13.5. The van der Waals surface area contributed by atoms with Gasteiger partial charge in [-0.1, -0.05) is 12.1 Å². The number of hydrogen-bond acceptors (Lipinski definition) is 3. The maximum absolute atomic E-state index is 13.2. The van der Waals surface area contributed by atoms with E-state index in [0.717, 1.165) is 5.56 Å². The van der Waals surface area contributed by atoms with E-state index >= 15 is 0 Å². The number of hydrogen-bond donors (Lipinski definition) is 1. The minimum Gasteiger partial charge on any atom is -0.313 e. The van der Waals surface area contributed by atoms with Crippen LogP contribution in [0.15, 0.2) is 24.3 Å². The summed E-state index contributed by atoms with van der Waals surface area (Å²) >= 11 is 0. The van der Waals surface area contributed by atoms with Gasteiger partial charge in [-0.2, -0.15) is 0 Å². The molecule has 1 fully saturated rings. The molecule has 1 aliphatic rings. The Bertz CT molecular complexity index is 501. The van der Waals surface area contributed by atoms with E-state index in [2.05, 4.69) is 5.32 Å². The lowest BCUT2D eigenvalue weighted by Gasteiger charge is -2.30. The highest BCUT2D eigenvalue weighted by molar-refractivity contribution is 7.91. The highest BCUT2D eigenvalue weighted by Gasteiger charge is 2.29. The molecule has 0 saturated carbocycles. The first-order valence-corrected chi connectivity index (χ1v) is 7.97. The Labute approximate surface area is 107 Å². The fourth-order valence-electron chi connectivity index (χ4n) is 2.62. The predicted molar refractivity (Wildman–Crippen MR) is 69.6 cm³/mol. The molecule has 0 bridgehead atoms. The summed E-state index contributed by atoms with van der Waals surface area (Å²) in [4.78, 5) is 0. The Morgan fingerprint density at radius 2 is 2.00 bits per heavy atom. The summed E-state index contributed by atoms with van der Waals surface area (Å²) in [5.41, 5.74) is 0.891. The molecular formula is C13H18FNO2S. The molecule has 5 heteroatoms. The van der Waals surface area contributed by atoms with Crippen LogP contribution in [0.3, 0.4) is 0 Å². The highest BCUT2D eigenvalue weighted by Crippen LogP contribution is 2.31. The molecule has 0 aromatic heterocycles. The fourth-order valence-corrected chi connectivity index (χ4v) is 4.14. The van der Waals surface area contributed by atoms with Gasteiger partial charge in [0.05, 0.1) is 11.5 Å². The minimum absolute atomic E-state index is 0.0243. The molecular weight excluding hydrogens is 253 g/mol. The van der Waals surface area contributed by atoms with Crippen LogP contribution in [-0.2, 0) is 9.84 Å². The molecule has 1 aromatic rings. The molecule has 1 unspecified atom stereocenters. The molecule has 0 amide bonds. The van der Waals surface area contributed by atoms with Gasteiger partial charge in [0.2, 0.25) is 0 Å². The van der Waals surface area contributed by atoms with Gasteiger partial charge < -0.3 is 5.32 Å². The molecule has 0 spiro atoms. The Morgan fingerprint density at radius 3 is 2.56 bits per heavy atom. The maximum atomic E-state index is 13.2. The third-order valence-electron chi connectivity index (χ3n) is 3.59. The van der Waals surface area contributed by atoms with E-state index in [1.54, 1.807) is 6.07 Å². The van der Waals surface area contributed by atoms with Gasteiger partial charge in [0.1, 0.15) is 15.7 Å². The van der Waals surface area contributed by atoms with E-state index in [4.69, 9.17) is 0 Å². The van der Waals surface area contributed by atoms with Gasteiger partial charge >= 0.3 is 0 Å². The summed E-state index contributed by atoms with van der Waals surface area (Å²) in [7, 11) is -1.02. The SMILES string of the molecule is CNC(c1cccc(F)c1)C1CCS(=O)(=O)CC1. The zero-order valence-corrected chi connectivity index (χ0v) is 11.2. The number of halogens is 1. The molecule has 1 N–H and O–H groups in total. The Morgan fingerprint density at radius 1 is 1.33 bits per heavy atom. The number of rotatable bonds is 3. The van der Waals surface area contributed by atoms with Crippen LogP contribution < -0.4 is 5.32 Å². The molecule has 100 valence electrons. The molecule has 0 aliphatic carbocycles. The van der Waals surface area contributed by atoms with Crippen LogP contribution in [0.4, 0.5) is 4.39 Å². The van der Waals surface area contributed by atoms with Crippen molar-refractivity contribution < 1.29 is 12.8 Å². The standard InChI is InChI=1S/C13H18FNO2S/c1-15-13(11-3-2-4-12(14)9-11)10-5-7-18(16,17)8-6-10/h2-4,9-10,13,15H,5-8H2,1H3. The lowest BCUT2D eigenvalue weighted by Crippen LogP contribution is -2.32. The lowest BCUT2D eigenvalue weighted by molar-refractivity contribution is 0.349. The van der Waals surface area contributed by atoms with Crippen LogP contribution in [0, 0.1) is 11.7 Å². The quantitative estimate of drug-likeness (QED) is 0.913. The third-order valence-corrected chi connectivity index (χ3v) is 5.30. The van der Waals surface area contributed by atoms with Crippen molar-refractivity contribution in [3.63, 3.8) is 0 Å². The normalized spacial score (nSPS) is 21.7. The van der Waals surface area contributed by atoms with Crippen molar-refractivity contribution in [2.75, 3.05) is 18.6 Å². The van der Waals surface area contributed by atoms with E-state index in [-0.39, 0.29) is 29.3 Å². The number of nitrogens with one attached hydrogen (secondary N) is 1. The number of benzene rings is 1. The van der Waals surface area contributed by atoms with Crippen molar-refractivity contribution in [1.82, 2.24) is 5.32 Å². The summed E-state index contributed by atoms with van der Waals surface area (Å²) in [6.07, 6.45) is 1.29. The van der Waals surface area contributed by atoms with E-state index in [1.807, 2.05) is 13.1 Å². The number of sulfone groups is 1. The smallest absolute Gasteiger partial charge is 0.150 e. The topological polar surface area (TPSA) is 46.2 Å². The average Bonchev–Trinajstić information content (AvgIpc) is 2.32. The van der Waals surface area contributed by atoms with Crippen LogP contribution in [0.1, 0.15) is 24.4 Å². The second-order valence-corrected chi connectivity index (χ2v) is 7.11. The highest BCUT2D eigenvalue weighted by atomic mass is 32.2. The average molecular weight is 271 g/mol. The van der Waals surface area contributed by atoms with Crippen LogP contribution in [0.2, 0.25) is 0 Å². The molecule has 3 nitrogen and oxygen atoms in total. The third kappa shape index (κ3) is 3.09. The van der Waals surface area contributed by atoms with Crippen LogP contribution in [0.25, 0.3) is 0 Å². The van der Waals surface area contributed by atoms with Crippen molar-refractivity contribution in [2.45, 2.75) is 18.9 Å². The van der Waals surface area contributed by atoms with Crippen LogP contribution in [0.5, 0.6) is 0 Å². The van der Waals surface area contributed by atoms with Crippen molar-refractivity contribution >= 4 is 9.84 Å². The lowest BCUT2D eigenvalue weighted by atomic mass is 9.88. The molecule has 1 atom stereocenters.